The Kier molecular flexibility index (Phi) is 10.3. The molecule has 4 heterocycles. The van der Waals surface area contributed by atoms with Crippen LogP contribution in [0.4, 0.5) is 0 Å². The molecule has 2 saturated heterocycles. The fourth-order valence-electron chi connectivity index (χ4n) is 8.47. The Bertz CT molecular complexity index is 1430. The highest BCUT2D eigenvalue weighted by atomic mass is 16.6. The van der Waals surface area contributed by atoms with E-state index in [0.717, 1.165) is 0 Å². The Morgan fingerprint density at radius 2 is 1.73 bits per heavy atom. The van der Waals surface area contributed by atoms with E-state index in [0.29, 0.717) is 24.8 Å². The number of carbonyl (C=O) groups excluding carboxylic acids is 4. The van der Waals surface area contributed by atoms with Gasteiger partial charge in [-0.15, -0.1) is 0 Å². The normalized spacial score (nSPS) is 31.2. The number of aliphatic hydroxyl groups excluding tert-OH is 1. The summed E-state index contributed by atoms with van der Waals surface area (Å²) in [6.45, 7) is 14.4. The summed E-state index contributed by atoms with van der Waals surface area (Å²) in [5.74, 6) is -3.39. The molecule has 0 saturated carbocycles. The molecule has 3 amide bonds. The van der Waals surface area contributed by atoms with Crippen molar-refractivity contribution in [3.63, 3.8) is 0 Å². The maximum Gasteiger partial charge on any atom is 0.313 e. The molecule has 48 heavy (non-hydrogen) atoms. The van der Waals surface area contributed by atoms with E-state index in [2.05, 4.69) is 26.1 Å². The number of likely N-dealkylation sites (tertiary alicyclic amines) is 1. The predicted molar refractivity (Wildman–Crippen MR) is 181 cm³/mol. The van der Waals surface area contributed by atoms with Gasteiger partial charge in [0.05, 0.1) is 31.2 Å². The van der Waals surface area contributed by atoms with E-state index < -0.39 is 59.1 Å². The number of amides is 3. The molecule has 2 N–H and O–H groups in total. The minimum Gasteiger partial charge on any atom is -0.455 e. The summed E-state index contributed by atoms with van der Waals surface area (Å²) in [4.78, 5) is 60.3. The fourth-order valence-corrected chi connectivity index (χ4v) is 8.47. The quantitative estimate of drug-likeness (QED) is 0.329. The van der Waals surface area contributed by atoms with E-state index in [-0.39, 0.29) is 49.3 Å². The van der Waals surface area contributed by atoms with Crippen molar-refractivity contribution in [1.82, 2.24) is 15.1 Å². The molecule has 10 heteroatoms. The minimum absolute atomic E-state index is 0.0686. The monoisotopic (exact) mass is 663 g/mol. The Hall–Kier alpha value is -3.50. The maximum absolute atomic E-state index is 15.2. The van der Waals surface area contributed by atoms with Crippen molar-refractivity contribution in [3.05, 3.63) is 60.2 Å². The molecule has 5 bridgehead atoms. The molecule has 2 fully saturated rings. The topological polar surface area (TPSA) is 125 Å². The standard InChI is InChI=1S/C38H53N3O7/c1-24(2)20-26(22-42)41-32-34(45)40(37(6,7)23-36(3,4)5)19-13-9-12-16-29(43)39-21-28(25-14-10-8-11-15-25)47-35(46)30-27-17-18-38(32,48-27)31(30)33(41)44/h8-11,13-15,17-18,24,26-28,30-32,42H,12,16,19-23H2,1-7H3,(H,39,43)/b13-9-/t26-,27-,28-,30+,31+,32-,38+/m1/s1. The average molecular weight is 664 g/mol. The molecule has 7 atom stereocenters. The number of esters is 1. The molecule has 1 spiro atoms. The van der Waals surface area contributed by atoms with E-state index in [4.69, 9.17) is 9.47 Å². The van der Waals surface area contributed by atoms with Crippen LogP contribution in [-0.4, -0.2) is 87.6 Å². The molecular formula is C38H53N3O7. The third kappa shape index (κ3) is 6.97. The van der Waals surface area contributed by atoms with Crippen LogP contribution in [0.2, 0.25) is 0 Å². The lowest BCUT2D eigenvalue weighted by Crippen LogP contribution is -2.62. The van der Waals surface area contributed by atoms with Gasteiger partial charge < -0.3 is 29.7 Å². The van der Waals surface area contributed by atoms with E-state index in [1.165, 1.54) is 4.90 Å². The second-order valence-corrected chi connectivity index (χ2v) is 16.1. The maximum atomic E-state index is 15.2. The minimum atomic E-state index is -1.41. The number of fused-ring (bicyclic) bond motifs is 2. The van der Waals surface area contributed by atoms with Crippen molar-refractivity contribution >= 4 is 23.7 Å². The zero-order chi connectivity index (χ0) is 35.0. The summed E-state index contributed by atoms with van der Waals surface area (Å²) in [5.41, 5.74) is -1.46. The molecule has 5 rings (SSSR count). The lowest BCUT2D eigenvalue weighted by Gasteiger charge is -2.46. The lowest BCUT2D eigenvalue weighted by molar-refractivity contribution is -0.161. The first-order valence-electron chi connectivity index (χ1n) is 17.4. The lowest BCUT2D eigenvalue weighted by atomic mass is 9.74. The molecule has 1 aromatic carbocycles. The van der Waals surface area contributed by atoms with Gasteiger partial charge in [-0.1, -0.05) is 89.3 Å². The number of carbonyl (C=O) groups is 4. The van der Waals surface area contributed by atoms with Crippen LogP contribution in [0.15, 0.2) is 54.6 Å². The van der Waals surface area contributed by atoms with Gasteiger partial charge in [-0.05, 0) is 50.0 Å². The first-order chi connectivity index (χ1) is 22.6. The summed E-state index contributed by atoms with van der Waals surface area (Å²) < 4.78 is 12.8. The van der Waals surface area contributed by atoms with Crippen LogP contribution in [-0.2, 0) is 28.7 Å². The van der Waals surface area contributed by atoms with E-state index in [1.54, 1.807) is 17.1 Å². The molecular weight excluding hydrogens is 610 g/mol. The van der Waals surface area contributed by atoms with Crippen LogP contribution in [0.1, 0.15) is 85.8 Å². The van der Waals surface area contributed by atoms with Crippen molar-refractivity contribution in [2.45, 2.75) is 110 Å². The van der Waals surface area contributed by atoms with Crippen molar-refractivity contribution < 1.29 is 33.8 Å². The fraction of sp³-hybridized carbons (Fsp3) is 0.632. The van der Waals surface area contributed by atoms with Gasteiger partial charge in [-0.2, -0.15) is 0 Å². The highest BCUT2D eigenvalue weighted by Gasteiger charge is 2.74. The van der Waals surface area contributed by atoms with Gasteiger partial charge in [0.25, 0.3) is 0 Å². The average Bonchev–Trinajstić information content (AvgIpc) is 3.65. The number of benzene rings is 1. The molecule has 4 aliphatic rings. The number of ether oxygens (including phenoxy) is 2. The summed E-state index contributed by atoms with van der Waals surface area (Å²) in [7, 11) is 0. The van der Waals surface area contributed by atoms with E-state index in [9.17, 15) is 19.5 Å². The van der Waals surface area contributed by atoms with Gasteiger partial charge in [0.15, 0.2) is 0 Å². The van der Waals surface area contributed by atoms with Crippen molar-refractivity contribution in [3.8, 4) is 0 Å². The Balaban J connectivity index is 1.63. The number of hydrogen-bond donors (Lipinski definition) is 2. The molecule has 10 nitrogen and oxygen atoms in total. The number of rotatable bonds is 7. The molecule has 4 aliphatic heterocycles. The van der Waals surface area contributed by atoms with Crippen LogP contribution in [0.3, 0.4) is 0 Å². The summed E-state index contributed by atoms with van der Waals surface area (Å²) in [6, 6.07) is 7.44. The highest BCUT2D eigenvalue weighted by molar-refractivity contribution is 5.99. The van der Waals surface area contributed by atoms with Crippen molar-refractivity contribution in [2.75, 3.05) is 19.7 Å². The van der Waals surface area contributed by atoms with Gasteiger partial charge >= 0.3 is 5.97 Å². The van der Waals surface area contributed by atoms with Crippen LogP contribution in [0, 0.1) is 23.2 Å². The molecule has 1 aromatic rings. The third-order valence-electron chi connectivity index (χ3n) is 10.0. The molecule has 0 aliphatic carbocycles. The number of nitrogens with one attached hydrogen (secondary N) is 1. The molecule has 0 unspecified atom stereocenters. The Labute approximate surface area is 284 Å². The van der Waals surface area contributed by atoms with Crippen LogP contribution in [0.5, 0.6) is 0 Å². The van der Waals surface area contributed by atoms with Gasteiger partial charge in [-0.3, -0.25) is 19.2 Å². The largest absolute Gasteiger partial charge is 0.455 e. The van der Waals surface area contributed by atoms with E-state index in [1.807, 2.05) is 70.2 Å². The van der Waals surface area contributed by atoms with Gasteiger partial charge in [0.2, 0.25) is 17.7 Å². The SMILES string of the molecule is CC(C)C[C@H](CO)N1C(=O)[C@@H]2[C@H]3C(=O)O[C@@H](c4ccccc4)CNC(=O)CC/C=C\CN(C(C)(C)CC(C)(C)C)C(=O)[C@@H]1[C@]21C=C[C@H]3O1. The Morgan fingerprint density at radius 3 is 2.38 bits per heavy atom. The second-order valence-electron chi connectivity index (χ2n) is 16.1. The van der Waals surface area contributed by atoms with Gasteiger partial charge in [0.1, 0.15) is 23.7 Å². The van der Waals surface area contributed by atoms with E-state index >= 15 is 4.79 Å². The summed E-state index contributed by atoms with van der Waals surface area (Å²) >= 11 is 0. The van der Waals surface area contributed by atoms with Crippen molar-refractivity contribution in [2.24, 2.45) is 23.2 Å². The zero-order valence-corrected chi connectivity index (χ0v) is 29.5. The predicted octanol–water partition coefficient (Wildman–Crippen LogP) is 4.34. The van der Waals surface area contributed by atoms with Crippen molar-refractivity contribution in [1.29, 1.82) is 0 Å². The smallest absolute Gasteiger partial charge is 0.313 e. The number of allylic oxidation sites excluding steroid dienone is 1. The first kappa shape index (κ1) is 35.8. The number of cyclic esters (lactones) is 1. The second kappa shape index (κ2) is 13.8. The van der Waals surface area contributed by atoms with Crippen LogP contribution in [0.25, 0.3) is 0 Å². The number of hydrogen-bond acceptors (Lipinski definition) is 7. The molecule has 262 valence electrons. The highest BCUT2D eigenvalue weighted by Crippen LogP contribution is 2.57. The third-order valence-corrected chi connectivity index (χ3v) is 10.0. The van der Waals surface area contributed by atoms with Gasteiger partial charge in [-0.25, -0.2) is 0 Å². The van der Waals surface area contributed by atoms with Crippen LogP contribution < -0.4 is 5.32 Å². The Morgan fingerprint density at radius 1 is 1.02 bits per heavy atom. The van der Waals surface area contributed by atoms with Crippen LogP contribution >= 0.6 is 0 Å². The molecule has 0 aromatic heterocycles. The number of nitrogens with zero attached hydrogens (tertiary/aromatic N) is 2. The summed E-state index contributed by atoms with van der Waals surface area (Å²) in [5, 5.41) is 13.6. The summed E-state index contributed by atoms with van der Waals surface area (Å²) in [6.07, 6.45) is 7.66. The zero-order valence-electron chi connectivity index (χ0n) is 29.5. The van der Waals surface area contributed by atoms with Gasteiger partial charge in [0, 0.05) is 18.5 Å². The number of aliphatic hydroxyl groups is 1. The molecule has 0 radical (unpaired) electrons. The first-order valence-corrected chi connectivity index (χ1v) is 17.4.